The number of rotatable bonds is 7. The molecule has 5 nitrogen and oxygen atoms in total. The minimum absolute atomic E-state index is 0.194. The zero-order chi connectivity index (χ0) is 17.6. The summed E-state index contributed by atoms with van der Waals surface area (Å²) in [5.74, 6) is 0.115. The fourth-order valence-electron chi connectivity index (χ4n) is 1.93. The van der Waals surface area contributed by atoms with Crippen molar-refractivity contribution in [3.05, 3.63) is 65.7 Å². The number of carbonyl (C=O) groups is 2. The fraction of sp³-hybridized carbons (Fsp3) is 0.263. The van der Waals surface area contributed by atoms with E-state index in [4.69, 9.17) is 10.5 Å². The first-order valence-corrected chi connectivity index (χ1v) is 7.73. The maximum atomic E-state index is 12.1. The van der Waals surface area contributed by atoms with E-state index in [0.29, 0.717) is 12.2 Å². The van der Waals surface area contributed by atoms with Gasteiger partial charge in [0.05, 0.1) is 5.41 Å². The molecule has 0 bridgehead atoms. The van der Waals surface area contributed by atoms with Crippen LogP contribution in [0.4, 0.5) is 0 Å². The molecule has 3 N–H and O–H groups in total. The average Bonchev–Trinajstić information content (AvgIpc) is 2.59. The Hall–Kier alpha value is -2.82. The van der Waals surface area contributed by atoms with Crippen molar-refractivity contribution in [1.29, 1.82) is 0 Å². The number of nitrogens with two attached hydrogens (primary N) is 1. The second kappa shape index (κ2) is 7.64. The number of hydrogen-bond donors (Lipinski definition) is 2. The number of para-hydroxylation sites is 1. The van der Waals surface area contributed by atoms with Crippen LogP contribution in [0.2, 0.25) is 0 Å². The van der Waals surface area contributed by atoms with Crippen molar-refractivity contribution in [3.63, 3.8) is 0 Å². The standard InChI is InChI=1S/C19H22N2O3/c1-19(2,18(20)23)13-21-17(22)15-10-8-14(9-11-15)12-24-16-6-4-3-5-7-16/h3-11H,12-13H2,1-2H3,(H2,20,23)(H,21,22). The number of hydrogen-bond acceptors (Lipinski definition) is 3. The zero-order valence-electron chi connectivity index (χ0n) is 13.9. The molecule has 2 aromatic rings. The minimum atomic E-state index is -0.779. The molecule has 126 valence electrons. The summed E-state index contributed by atoms with van der Waals surface area (Å²) < 4.78 is 5.66. The van der Waals surface area contributed by atoms with Crippen LogP contribution in [-0.2, 0) is 11.4 Å². The molecule has 0 heterocycles. The maximum Gasteiger partial charge on any atom is 0.251 e. The second-order valence-corrected chi connectivity index (χ2v) is 6.23. The van der Waals surface area contributed by atoms with Gasteiger partial charge in [0, 0.05) is 12.1 Å². The molecule has 2 rings (SSSR count). The van der Waals surface area contributed by atoms with E-state index in [2.05, 4.69) is 5.32 Å². The van der Waals surface area contributed by atoms with E-state index in [1.54, 1.807) is 26.0 Å². The van der Waals surface area contributed by atoms with Gasteiger partial charge in [-0.1, -0.05) is 30.3 Å². The van der Waals surface area contributed by atoms with E-state index >= 15 is 0 Å². The Labute approximate surface area is 141 Å². The quantitative estimate of drug-likeness (QED) is 0.820. The molecule has 0 aliphatic carbocycles. The number of benzene rings is 2. The lowest BCUT2D eigenvalue weighted by Gasteiger charge is -2.20. The first-order valence-electron chi connectivity index (χ1n) is 7.73. The van der Waals surface area contributed by atoms with Crippen LogP contribution in [0.25, 0.3) is 0 Å². The number of nitrogens with one attached hydrogen (secondary N) is 1. The number of amides is 2. The molecule has 0 aliphatic rings. The summed E-state index contributed by atoms with van der Waals surface area (Å²) in [5, 5.41) is 2.73. The van der Waals surface area contributed by atoms with Crippen molar-refractivity contribution in [3.8, 4) is 5.75 Å². The highest BCUT2D eigenvalue weighted by atomic mass is 16.5. The highest BCUT2D eigenvalue weighted by Gasteiger charge is 2.25. The highest BCUT2D eigenvalue weighted by molar-refractivity contribution is 5.94. The van der Waals surface area contributed by atoms with Gasteiger partial charge in [0.1, 0.15) is 12.4 Å². The molecule has 0 saturated carbocycles. The van der Waals surface area contributed by atoms with Gasteiger partial charge < -0.3 is 15.8 Å². The van der Waals surface area contributed by atoms with Gasteiger partial charge in [-0.15, -0.1) is 0 Å². The van der Waals surface area contributed by atoms with Gasteiger partial charge in [0.15, 0.2) is 0 Å². The molecule has 5 heteroatoms. The summed E-state index contributed by atoms with van der Waals surface area (Å²) in [4.78, 5) is 23.4. The molecule has 0 atom stereocenters. The SMILES string of the molecule is CC(C)(CNC(=O)c1ccc(COc2ccccc2)cc1)C(N)=O. The monoisotopic (exact) mass is 326 g/mol. The van der Waals surface area contributed by atoms with Crippen molar-refractivity contribution in [2.24, 2.45) is 11.1 Å². The summed E-state index contributed by atoms with van der Waals surface area (Å²) in [5.41, 5.74) is 6.01. The molecule has 24 heavy (non-hydrogen) atoms. The van der Waals surface area contributed by atoms with Crippen molar-refractivity contribution < 1.29 is 14.3 Å². The fourth-order valence-corrected chi connectivity index (χ4v) is 1.93. The summed E-state index contributed by atoms with van der Waals surface area (Å²) >= 11 is 0. The molecule has 0 saturated heterocycles. The Bertz CT molecular complexity index is 694. The molecule has 2 aromatic carbocycles. The van der Waals surface area contributed by atoms with Crippen molar-refractivity contribution >= 4 is 11.8 Å². The third-order valence-electron chi connectivity index (χ3n) is 3.72. The smallest absolute Gasteiger partial charge is 0.251 e. The van der Waals surface area contributed by atoms with Crippen LogP contribution in [0.15, 0.2) is 54.6 Å². The second-order valence-electron chi connectivity index (χ2n) is 6.23. The van der Waals surface area contributed by atoms with Gasteiger partial charge in [0.2, 0.25) is 5.91 Å². The predicted molar refractivity (Wildman–Crippen MR) is 92.5 cm³/mol. The van der Waals surface area contributed by atoms with Gasteiger partial charge in [-0.05, 0) is 43.7 Å². The van der Waals surface area contributed by atoms with Crippen LogP contribution in [0.3, 0.4) is 0 Å². The molecule has 0 radical (unpaired) electrons. The van der Waals surface area contributed by atoms with E-state index in [0.717, 1.165) is 11.3 Å². The summed E-state index contributed by atoms with van der Waals surface area (Å²) in [6, 6.07) is 16.7. The minimum Gasteiger partial charge on any atom is -0.489 e. The third kappa shape index (κ3) is 4.84. The average molecular weight is 326 g/mol. The molecule has 0 aromatic heterocycles. The summed E-state index contributed by atoms with van der Waals surface area (Å²) in [6.45, 7) is 4.01. The lowest BCUT2D eigenvalue weighted by Crippen LogP contribution is -2.42. The van der Waals surface area contributed by atoms with E-state index in [1.807, 2.05) is 42.5 Å². The van der Waals surface area contributed by atoms with Gasteiger partial charge in [-0.2, -0.15) is 0 Å². The van der Waals surface area contributed by atoms with Gasteiger partial charge in [-0.3, -0.25) is 9.59 Å². The molecular formula is C19H22N2O3. The lowest BCUT2D eigenvalue weighted by molar-refractivity contribution is -0.125. The number of ether oxygens (including phenoxy) is 1. The van der Waals surface area contributed by atoms with Crippen molar-refractivity contribution in [1.82, 2.24) is 5.32 Å². The Morgan fingerprint density at radius 1 is 1.04 bits per heavy atom. The van der Waals surface area contributed by atoms with Crippen LogP contribution in [0.5, 0.6) is 5.75 Å². The number of primary amides is 1. The molecule has 0 unspecified atom stereocenters. The van der Waals surface area contributed by atoms with E-state index in [1.165, 1.54) is 0 Å². The first kappa shape index (κ1) is 17.5. The summed E-state index contributed by atoms with van der Waals surface area (Å²) in [7, 11) is 0. The van der Waals surface area contributed by atoms with Crippen molar-refractivity contribution in [2.45, 2.75) is 20.5 Å². The first-order chi connectivity index (χ1) is 11.4. The van der Waals surface area contributed by atoms with Crippen molar-refractivity contribution in [2.75, 3.05) is 6.54 Å². The van der Waals surface area contributed by atoms with Crippen LogP contribution in [-0.4, -0.2) is 18.4 Å². The van der Waals surface area contributed by atoms with E-state index < -0.39 is 11.3 Å². The maximum absolute atomic E-state index is 12.1. The van der Waals surface area contributed by atoms with Crippen LogP contribution in [0.1, 0.15) is 29.8 Å². The normalized spacial score (nSPS) is 10.9. The Morgan fingerprint density at radius 2 is 1.67 bits per heavy atom. The van der Waals surface area contributed by atoms with Crippen LogP contribution >= 0.6 is 0 Å². The molecule has 2 amide bonds. The largest absolute Gasteiger partial charge is 0.489 e. The van der Waals surface area contributed by atoms with Crippen LogP contribution < -0.4 is 15.8 Å². The van der Waals surface area contributed by atoms with E-state index in [-0.39, 0.29) is 12.5 Å². The van der Waals surface area contributed by atoms with E-state index in [9.17, 15) is 9.59 Å². The predicted octanol–water partition coefficient (Wildman–Crippen LogP) is 2.51. The lowest BCUT2D eigenvalue weighted by atomic mass is 9.92. The molecule has 0 aliphatic heterocycles. The Balaban J connectivity index is 1.89. The van der Waals surface area contributed by atoms with Crippen LogP contribution in [0, 0.1) is 5.41 Å². The zero-order valence-corrected chi connectivity index (χ0v) is 13.9. The summed E-state index contributed by atoms with van der Waals surface area (Å²) in [6.07, 6.45) is 0. The van der Waals surface area contributed by atoms with Gasteiger partial charge in [0.25, 0.3) is 5.91 Å². The molecular weight excluding hydrogens is 304 g/mol. The third-order valence-corrected chi connectivity index (χ3v) is 3.72. The number of carbonyl (C=O) groups excluding carboxylic acids is 2. The Kier molecular flexibility index (Phi) is 5.58. The molecule has 0 fully saturated rings. The van der Waals surface area contributed by atoms with Gasteiger partial charge >= 0.3 is 0 Å². The topological polar surface area (TPSA) is 81.4 Å². The highest BCUT2D eigenvalue weighted by Crippen LogP contribution is 2.14. The molecule has 0 spiro atoms. The Morgan fingerprint density at radius 3 is 2.25 bits per heavy atom. The van der Waals surface area contributed by atoms with Gasteiger partial charge in [-0.25, -0.2) is 0 Å².